The Bertz CT molecular complexity index is 1370. The minimum atomic E-state index is -0.602. The molecule has 10 heteroatoms. The summed E-state index contributed by atoms with van der Waals surface area (Å²) in [6, 6.07) is 9.21. The third-order valence-corrected chi connectivity index (χ3v) is 5.01. The van der Waals surface area contributed by atoms with Crippen LogP contribution >= 0.6 is 15.9 Å². The number of nitrogens with zero attached hydrogens (tertiary/aromatic N) is 3. The van der Waals surface area contributed by atoms with Crippen LogP contribution in [-0.4, -0.2) is 21.3 Å². The topological polar surface area (TPSA) is 99.0 Å². The zero-order chi connectivity index (χ0) is 22.0. The van der Waals surface area contributed by atoms with Crippen molar-refractivity contribution in [1.82, 2.24) is 15.0 Å². The van der Waals surface area contributed by atoms with Gasteiger partial charge in [-0.15, -0.1) is 0 Å². The second kappa shape index (κ2) is 8.60. The van der Waals surface area contributed by atoms with E-state index in [4.69, 9.17) is 10.1 Å². The fourth-order valence-electron chi connectivity index (χ4n) is 2.95. The number of aromatic amines is 1. The first-order valence-corrected chi connectivity index (χ1v) is 9.81. The molecule has 0 amide bonds. The molecule has 2 heterocycles. The predicted octanol–water partition coefficient (Wildman–Crippen LogP) is 5.35. The van der Waals surface area contributed by atoms with E-state index < -0.39 is 11.6 Å². The smallest absolute Gasteiger partial charge is 0.150 e. The van der Waals surface area contributed by atoms with Crippen molar-refractivity contribution in [2.75, 3.05) is 5.32 Å². The second-order valence-electron chi connectivity index (χ2n) is 6.47. The third-order valence-electron chi connectivity index (χ3n) is 4.40. The number of H-pyrrole nitrogens is 1. The van der Waals surface area contributed by atoms with Crippen LogP contribution in [0.15, 0.2) is 58.4 Å². The highest BCUT2D eigenvalue weighted by Crippen LogP contribution is 2.33. The van der Waals surface area contributed by atoms with Crippen molar-refractivity contribution < 1.29 is 13.5 Å². The summed E-state index contributed by atoms with van der Waals surface area (Å²) in [5, 5.41) is 10.0. The molecule has 0 aliphatic rings. The Morgan fingerprint density at radius 2 is 2.03 bits per heavy atom. The Hall–Kier alpha value is -3.66. The maximum atomic E-state index is 14.9. The molecule has 0 aliphatic heterocycles. The molecule has 0 fully saturated rings. The summed E-state index contributed by atoms with van der Waals surface area (Å²) in [6.07, 6.45) is 3.79. The van der Waals surface area contributed by atoms with Gasteiger partial charge in [-0.3, -0.25) is 5.41 Å². The molecule has 156 valence electrons. The van der Waals surface area contributed by atoms with E-state index >= 15 is 0 Å². The second-order valence-corrected chi connectivity index (χ2v) is 7.32. The number of halogens is 3. The minimum Gasteiger partial charge on any atom is -0.457 e. The average molecular weight is 485 g/mol. The van der Waals surface area contributed by atoms with E-state index in [1.54, 1.807) is 43.5 Å². The zero-order valence-corrected chi connectivity index (χ0v) is 17.7. The van der Waals surface area contributed by atoms with Crippen molar-refractivity contribution in [3.8, 4) is 11.5 Å². The summed E-state index contributed by atoms with van der Waals surface area (Å²) in [5.74, 6) is -0.264. The number of aromatic nitrogens is 3. The molecule has 31 heavy (non-hydrogen) atoms. The van der Waals surface area contributed by atoms with Crippen LogP contribution in [0.5, 0.6) is 11.5 Å². The molecule has 0 unspecified atom stereocenters. The summed E-state index contributed by atoms with van der Waals surface area (Å²) < 4.78 is 35.5. The van der Waals surface area contributed by atoms with Crippen LogP contribution in [0.2, 0.25) is 0 Å². The number of fused-ring (bicyclic) bond motifs is 1. The van der Waals surface area contributed by atoms with E-state index in [0.717, 1.165) is 6.34 Å². The molecule has 0 saturated heterocycles. The number of pyridine rings is 1. The van der Waals surface area contributed by atoms with Gasteiger partial charge in [-0.25, -0.2) is 23.7 Å². The maximum absolute atomic E-state index is 14.9. The SMILES string of the molecule is Cc1cc(Nc2ncnc3ccc(Br)c(F)c23)c(F)cc1Oc1cc[nH]/c(=N\C=N)c1. The highest BCUT2D eigenvalue weighted by Gasteiger charge is 2.15. The van der Waals surface area contributed by atoms with Crippen LogP contribution in [-0.2, 0) is 0 Å². The Kier molecular flexibility index (Phi) is 5.72. The van der Waals surface area contributed by atoms with E-state index in [9.17, 15) is 8.78 Å². The molecular formula is C21H15BrF2N6O. The van der Waals surface area contributed by atoms with Crippen molar-refractivity contribution in [2.24, 2.45) is 4.99 Å². The van der Waals surface area contributed by atoms with Crippen molar-refractivity contribution in [3.63, 3.8) is 0 Å². The monoisotopic (exact) mass is 484 g/mol. The molecule has 4 rings (SSSR count). The van der Waals surface area contributed by atoms with Gasteiger partial charge in [0.2, 0.25) is 0 Å². The van der Waals surface area contributed by atoms with E-state index in [1.165, 1.54) is 12.4 Å². The van der Waals surface area contributed by atoms with Gasteiger partial charge in [-0.2, -0.15) is 0 Å². The maximum Gasteiger partial charge on any atom is 0.150 e. The average Bonchev–Trinajstić information content (AvgIpc) is 2.75. The third kappa shape index (κ3) is 4.29. The highest BCUT2D eigenvalue weighted by molar-refractivity contribution is 9.10. The molecule has 0 aliphatic carbocycles. The highest BCUT2D eigenvalue weighted by atomic mass is 79.9. The van der Waals surface area contributed by atoms with Crippen LogP contribution in [0.1, 0.15) is 5.56 Å². The molecule has 0 atom stereocenters. The predicted molar refractivity (Wildman–Crippen MR) is 117 cm³/mol. The Balaban J connectivity index is 1.68. The number of rotatable bonds is 5. The number of benzene rings is 2. The lowest BCUT2D eigenvalue weighted by Crippen LogP contribution is -2.06. The molecule has 0 saturated carbocycles. The molecule has 4 aromatic rings. The van der Waals surface area contributed by atoms with Gasteiger partial charge < -0.3 is 15.0 Å². The summed E-state index contributed by atoms with van der Waals surface area (Å²) in [4.78, 5) is 14.8. The van der Waals surface area contributed by atoms with Crippen LogP contribution in [0, 0.1) is 24.0 Å². The normalized spacial score (nSPS) is 11.5. The fraction of sp³-hybridized carbons (Fsp3) is 0.0476. The summed E-state index contributed by atoms with van der Waals surface area (Å²) in [7, 11) is 0. The van der Waals surface area contributed by atoms with E-state index in [-0.39, 0.29) is 21.4 Å². The first-order chi connectivity index (χ1) is 15.0. The summed E-state index contributed by atoms with van der Waals surface area (Å²) in [6.45, 7) is 1.76. The molecule has 3 N–H and O–H groups in total. The van der Waals surface area contributed by atoms with Crippen molar-refractivity contribution in [3.05, 3.63) is 76.1 Å². The van der Waals surface area contributed by atoms with Gasteiger partial charge in [0, 0.05) is 18.3 Å². The van der Waals surface area contributed by atoms with E-state index in [1.807, 2.05) is 0 Å². The Morgan fingerprint density at radius 3 is 2.84 bits per heavy atom. The zero-order valence-electron chi connectivity index (χ0n) is 16.1. The quantitative estimate of drug-likeness (QED) is 0.262. The lowest BCUT2D eigenvalue weighted by atomic mass is 10.1. The Morgan fingerprint density at radius 1 is 1.19 bits per heavy atom. The number of hydrogen-bond acceptors (Lipinski definition) is 5. The van der Waals surface area contributed by atoms with Crippen LogP contribution in [0.4, 0.5) is 20.3 Å². The Labute approximate surface area is 183 Å². The number of anilines is 2. The van der Waals surface area contributed by atoms with Gasteiger partial charge in [0.15, 0.2) is 5.82 Å². The number of aryl methyl sites for hydroxylation is 1. The van der Waals surface area contributed by atoms with E-state index in [0.29, 0.717) is 28.1 Å². The number of nitrogens with one attached hydrogen (secondary N) is 3. The molecule has 2 aromatic heterocycles. The van der Waals surface area contributed by atoms with Gasteiger partial charge in [-0.1, -0.05) is 0 Å². The van der Waals surface area contributed by atoms with Crippen LogP contribution < -0.4 is 15.5 Å². The van der Waals surface area contributed by atoms with Gasteiger partial charge in [0.05, 0.1) is 21.1 Å². The minimum absolute atomic E-state index is 0.116. The number of ether oxygens (including phenoxy) is 1. The van der Waals surface area contributed by atoms with Crippen LogP contribution in [0.3, 0.4) is 0 Å². The lowest BCUT2D eigenvalue weighted by Gasteiger charge is -2.14. The molecule has 2 aromatic carbocycles. The first kappa shape index (κ1) is 20.6. The van der Waals surface area contributed by atoms with Gasteiger partial charge in [0.25, 0.3) is 0 Å². The largest absolute Gasteiger partial charge is 0.457 e. The first-order valence-electron chi connectivity index (χ1n) is 9.01. The molecule has 7 nitrogen and oxygen atoms in total. The number of hydrogen-bond donors (Lipinski definition) is 3. The molecular weight excluding hydrogens is 470 g/mol. The summed E-state index contributed by atoms with van der Waals surface area (Å²) >= 11 is 3.15. The summed E-state index contributed by atoms with van der Waals surface area (Å²) in [5.41, 5.74) is 1.57. The van der Waals surface area contributed by atoms with Crippen molar-refractivity contribution in [1.29, 1.82) is 5.41 Å². The van der Waals surface area contributed by atoms with Crippen LogP contribution in [0.25, 0.3) is 10.9 Å². The fourth-order valence-corrected chi connectivity index (χ4v) is 3.28. The standard InChI is InChI=1S/C21H15BrF2N6O/c1-11-6-16(30-21-19-15(28-10-29-21)3-2-13(22)20(19)24)14(23)8-17(11)31-12-4-5-26-18(7-12)27-9-25/h2-10H,1H3,(H2,25,26,27)(H,28,29,30). The lowest BCUT2D eigenvalue weighted by molar-refractivity contribution is 0.472. The van der Waals surface area contributed by atoms with Gasteiger partial charge in [-0.05, 0) is 52.7 Å². The van der Waals surface area contributed by atoms with Crippen molar-refractivity contribution >= 4 is 44.7 Å². The van der Waals surface area contributed by atoms with E-state index in [2.05, 4.69) is 41.2 Å². The molecule has 0 bridgehead atoms. The van der Waals surface area contributed by atoms with Crippen molar-refractivity contribution in [2.45, 2.75) is 6.92 Å². The molecule has 0 spiro atoms. The van der Waals surface area contributed by atoms with Gasteiger partial charge in [0.1, 0.15) is 41.3 Å². The molecule has 0 radical (unpaired) electrons. The van der Waals surface area contributed by atoms with Gasteiger partial charge >= 0.3 is 0 Å².